The zero-order valence-corrected chi connectivity index (χ0v) is 21.0. The first kappa shape index (κ1) is 25.4. The number of likely N-dealkylation sites (tertiary alicyclic amines) is 1. The number of rotatable bonds is 9. The summed E-state index contributed by atoms with van der Waals surface area (Å²) in [7, 11) is 0. The van der Waals surface area contributed by atoms with Crippen LogP contribution in [-0.4, -0.2) is 45.1 Å². The molecule has 1 N–H and O–H groups in total. The van der Waals surface area contributed by atoms with Crippen molar-refractivity contribution < 1.29 is 14.4 Å². The first-order chi connectivity index (χ1) is 17.4. The van der Waals surface area contributed by atoms with Gasteiger partial charge in [0.1, 0.15) is 0 Å². The lowest BCUT2D eigenvalue weighted by molar-refractivity contribution is -0.116. The molecule has 4 rings (SSSR count). The van der Waals surface area contributed by atoms with Crippen molar-refractivity contribution in [2.24, 2.45) is 11.8 Å². The van der Waals surface area contributed by atoms with E-state index in [1.54, 1.807) is 41.7 Å². The summed E-state index contributed by atoms with van der Waals surface area (Å²) in [6.45, 7) is 6.00. The summed E-state index contributed by atoms with van der Waals surface area (Å²) < 4.78 is 1.84. The van der Waals surface area contributed by atoms with E-state index in [1.165, 1.54) is 5.56 Å². The van der Waals surface area contributed by atoms with Crippen LogP contribution in [-0.2, 0) is 17.8 Å². The number of Topliss-reactive ketones (excluding diaryl/α,β-unsaturated/α-hetero) is 1. The van der Waals surface area contributed by atoms with Crippen LogP contribution in [0.15, 0.2) is 67.3 Å². The van der Waals surface area contributed by atoms with Crippen LogP contribution in [0.25, 0.3) is 0 Å². The van der Waals surface area contributed by atoms with Crippen molar-refractivity contribution in [1.82, 2.24) is 14.5 Å². The number of anilines is 1. The highest BCUT2D eigenvalue weighted by molar-refractivity contribution is 5.99. The molecule has 1 saturated heterocycles. The average Bonchev–Trinajstić information content (AvgIpc) is 3.41. The molecule has 7 heteroatoms. The minimum Gasteiger partial charge on any atom is -0.339 e. The van der Waals surface area contributed by atoms with E-state index in [0.717, 1.165) is 12.0 Å². The molecular formula is C29H34N4O3. The zero-order valence-electron chi connectivity index (χ0n) is 21.0. The molecule has 1 aromatic heterocycles. The summed E-state index contributed by atoms with van der Waals surface area (Å²) in [6.07, 6.45) is 7.80. The van der Waals surface area contributed by atoms with Gasteiger partial charge in [-0.15, -0.1) is 0 Å². The van der Waals surface area contributed by atoms with Crippen LogP contribution in [0, 0.1) is 11.8 Å². The van der Waals surface area contributed by atoms with Gasteiger partial charge in [0.25, 0.3) is 5.91 Å². The summed E-state index contributed by atoms with van der Waals surface area (Å²) in [5.41, 5.74) is 3.14. The number of hydrogen-bond donors (Lipinski definition) is 1. The van der Waals surface area contributed by atoms with Crippen molar-refractivity contribution >= 4 is 23.3 Å². The number of amides is 2. The van der Waals surface area contributed by atoms with Crippen LogP contribution in [0.5, 0.6) is 0 Å². The van der Waals surface area contributed by atoms with E-state index in [2.05, 4.69) is 36.3 Å². The van der Waals surface area contributed by atoms with Crippen molar-refractivity contribution in [2.75, 3.05) is 18.4 Å². The largest absolute Gasteiger partial charge is 0.339 e. The van der Waals surface area contributed by atoms with E-state index in [9.17, 15) is 14.4 Å². The second-order valence-corrected chi connectivity index (χ2v) is 9.91. The number of ketones is 1. The maximum Gasteiger partial charge on any atom is 0.253 e. The summed E-state index contributed by atoms with van der Waals surface area (Å²) in [5.74, 6) is 0.487. The fourth-order valence-corrected chi connectivity index (χ4v) is 4.64. The molecule has 2 heterocycles. The molecule has 36 heavy (non-hydrogen) atoms. The highest BCUT2D eigenvalue weighted by atomic mass is 16.2. The van der Waals surface area contributed by atoms with E-state index in [-0.39, 0.29) is 23.5 Å². The Morgan fingerprint density at radius 2 is 1.78 bits per heavy atom. The Hall–Kier alpha value is -3.74. The van der Waals surface area contributed by atoms with Gasteiger partial charge in [0, 0.05) is 61.2 Å². The predicted molar refractivity (Wildman–Crippen MR) is 140 cm³/mol. The Balaban J connectivity index is 1.29. The standard InChI is InChI=1S/C29H34N4O3/c1-21(2)18-22-6-8-23(9-7-22)28(35)24-10-15-33(16-11-24)29(36)25-4-3-5-26(19-25)31-27(34)12-14-32-17-13-30-20-32/h3-9,13,17,19-21,24H,10-12,14-16,18H2,1-2H3,(H,31,34). The van der Waals surface area contributed by atoms with Gasteiger partial charge in [-0.2, -0.15) is 0 Å². The number of carbonyl (C=O) groups excluding carboxylic acids is 3. The normalized spacial score (nSPS) is 14.1. The van der Waals surface area contributed by atoms with E-state index in [0.29, 0.717) is 56.1 Å². The maximum absolute atomic E-state index is 13.1. The Morgan fingerprint density at radius 1 is 1.03 bits per heavy atom. The molecule has 188 valence electrons. The third-order valence-corrected chi connectivity index (χ3v) is 6.58. The average molecular weight is 487 g/mol. The van der Waals surface area contributed by atoms with Crippen LogP contribution in [0.1, 0.15) is 59.4 Å². The second-order valence-electron chi connectivity index (χ2n) is 9.91. The van der Waals surface area contributed by atoms with Crippen molar-refractivity contribution in [3.63, 3.8) is 0 Å². The lowest BCUT2D eigenvalue weighted by Gasteiger charge is -2.31. The molecule has 0 atom stereocenters. The Morgan fingerprint density at radius 3 is 2.44 bits per heavy atom. The van der Waals surface area contributed by atoms with Crippen molar-refractivity contribution in [1.29, 1.82) is 0 Å². The molecule has 0 radical (unpaired) electrons. The number of hydrogen-bond acceptors (Lipinski definition) is 4. The maximum atomic E-state index is 13.1. The molecule has 1 aliphatic rings. The van der Waals surface area contributed by atoms with Crippen LogP contribution < -0.4 is 5.32 Å². The van der Waals surface area contributed by atoms with Crippen molar-refractivity contribution in [2.45, 2.75) is 46.1 Å². The number of nitrogens with zero attached hydrogens (tertiary/aromatic N) is 3. The topological polar surface area (TPSA) is 84.3 Å². The molecule has 2 aromatic carbocycles. The number of benzene rings is 2. The monoisotopic (exact) mass is 486 g/mol. The minimum atomic E-state index is -0.120. The second kappa shape index (κ2) is 11.8. The number of carbonyl (C=O) groups is 3. The highest BCUT2D eigenvalue weighted by Crippen LogP contribution is 2.24. The number of nitrogens with one attached hydrogen (secondary N) is 1. The Bertz CT molecular complexity index is 1180. The van der Waals surface area contributed by atoms with Gasteiger partial charge in [-0.25, -0.2) is 4.98 Å². The van der Waals surface area contributed by atoms with E-state index in [4.69, 9.17) is 0 Å². The Labute approximate surface area is 212 Å². The lowest BCUT2D eigenvalue weighted by atomic mass is 9.88. The van der Waals surface area contributed by atoms with E-state index >= 15 is 0 Å². The molecule has 0 bridgehead atoms. The zero-order chi connectivity index (χ0) is 25.5. The summed E-state index contributed by atoms with van der Waals surface area (Å²) in [4.78, 5) is 44.2. The molecule has 0 aliphatic carbocycles. The summed E-state index contributed by atoms with van der Waals surface area (Å²) >= 11 is 0. The van der Waals surface area contributed by atoms with Gasteiger partial charge in [0.15, 0.2) is 5.78 Å². The smallest absolute Gasteiger partial charge is 0.253 e. The third kappa shape index (κ3) is 6.68. The van der Waals surface area contributed by atoms with Crippen molar-refractivity contribution in [3.8, 4) is 0 Å². The van der Waals surface area contributed by atoms with Gasteiger partial charge < -0.3 is 14.8 Å². The van der Waals surface area contributed by atoms with Crippen LogP contribution >= 0.6 is 0 Å². The molecule has 1 aliphatic heterocycles. The first-order valence-corrected chi connectivity index (χ1v) is 12.7. The third-order valence-electron chi connectivity index (χ3n) is 6.58. The van der Waals surface area contributed by atoms with E-state index in [1.807, 2.05) is 22.9 Å². The molecular weight excluding hydrogens is 452 g/mol. The predicted octanol–water partition coefficient (Wildman–Crippen LogP) is 4.85. The number of piperidine rings is 1. The number of imidazole rings is 1. The first-order valence-electron chi connectivity index (χ1n) is 12.7. The molecule has 0 saturated carbocycles. The van der Waals surface area contributed by atoms with Crippen LogP contribution in [0.2, 0.25) is 0 Å². The van der Waals surface area contributed by atoms with Gasteiger partial charge in [-0.3, -0.25) is 14.4 Å². The summed E-state index contributed by atoms with van der Waals surface area (Å²) in [5, 5.41) is 2.87. The Kier molecular flexibility index (Phi) is 8.31. The van der Waals surface area contributed by atoms with Gasteiger partial charge in [0.2, 0.25) is 5.91 Å². The van der Waals surface area contributed by atoms with Crippen molar-refractivity contribution in [3.05, 3.63) is 83.9 Å². The lowest BCUT2D eigenvalue weighted by Crippen LogP contribution is -2.40. The number of aryl methyl sites for hydroxylation is 1. The fourth-order valence-electron chi connectivity index (χ4n) is 4.64. The van der Waals surface area contributed by atoms with Gasteiger partial charge in [0.05, 0.1) is 6.33 Å². The molecule has 1 fully saturated rings. The van der Waals surface area contributed by atoms with Gasteiger partial charge >= 0.3 is 0 Å². The number of aromatic nitrogens is 2. The highest BCUT2D eigenvalue weighted by Gasteiger charge is 2.28. The van der Waals surface area contributed by atoms with Gasteiger partial charge in [-0.05, 0) is 48.9 Å². The molecule has 7 nitrogen and oxygen atoms in total. The molecule has 2 amide bonds. The molecule has 3 aromatic rings. The van der Waals surface area contributed by atoms with Gasteiger partial charge in [-0.1, -0.05) is 44.2 Å². The van der Waals surface area contributed by atoms with E-state index < -0.39 is 0 Å². The molecule has 0 unspecified atom stereocenters. The van der Waals surface area contributed by atoms with Crippen LogP contribution in [0.4, 0.5) is 5.69 Å². The quantitative estimate of drug-likeness (QED) is 0.439. The fraction of sp³-hybridized carbons (Fsp3) is 0.379. The van der Waals surface area contributed by atoms with Crippen LogP contribution in [0.3, 0.4) is 0 Å². The molecule has 0 spiro atoms. The SMILES string of the molecule is CC(C)Cc1ccc(C(=O)C2CCN(C(=O)c3cccc(NC(=O)CCn4ccnc4)c3)CC2)cc1. The minimum absolute atomic E-state index is 0.0638. The summed E-state index contributed by atoms with van der Waals surface area (Å²) in [6, 6.07) is 15.0.